The third kappa shape index (κ3) is 3.87. The first-order chi connectivity index (χ1) is 7.29. The first-order valence-corrected chi connectivity index (χ1v) is 5.46. The summed E-state index contributed by atoms with van der Waals surface area (Å²) < 4.78 is 6.39. The number of anilines is 1. The van der Waals surface area contributed by atoms with Gasteiger partial charge in [-0.05, 0) is 44.9 Å². The lowest BCUT2D eigenvalue weighted by Gasteiger charge is -2.20. The van der Waals surface area contributed by atoms with E-state index in [4.69, 9.17) is 16.3 Å². The maximum Gasteiger partial charge on any atom is 0.325 e. The molecule has 2 N–H and O–H groups in total. The molecule has 0 saturated heterocycles. The van der Waals surface area contributed by atoms with E-state index in [1.54, 1.807) is 6.07 Å². The molecule has 0 aromatic carbocycles. The van der Waals surface area contributed by atoms with Gasteiger partial charge in [0.2, 0.25) is 6.20 Å². The second-order valence-corrected chi connectivity index (χ2v) is 5.00. The molecule has 4 nitrogen and oxygen atoms in total. The molecule has 0 amide bonds. The molecule has 0 atom stereocenters. The standard InChI is InChI=1S/C11H18ClN2O2/c1-8-5-10(12)14(15)6-9(8)13-7-16-11(2,3)4/h5-6,13,15H,7H2,1-4H3/q+1. The quantitative estimate of drug-likeness (QED) is 0.372. The van der Waals surface area contributed by atoms with Crippen molar-refractivity contribution >= 4 is 17.3 Å². The lowest BCUT2D eigenvalue weighted by atomic mass is 10.2. The largest absolute Gasteiger partial charge is 0.357 e. The van der Waals surface area contributed by atoms with E-state index in [2.05, 4.69) is 5.32 Å². The SMILES string of the molecule is Cc1cc(Cl)[n+](O)cc1NCOC(C)(C)C. The van der Waals surface area contributed by atoms with Crippen LogP contribution in [0.4, 0.5) is 5.69 Å². The number of hydrogen-bond donors (Lipinski definition) is 2. The van der Waals surface area contributed by atoms with E-state index in [-0.39, 0.29) is 10.8 Å². The van der Waals surface area contributed by atoms with Gasteiger partial charge in [0.05, 0.1) is 5.60 Å². The van der Waals surface area contributed by atoms with Crippen LogP contribution in [0.5, 0.6) is 0 Å². The van der Waals surface area contributed by atoms with Gasteiger partial charge in [0, 0.05) is 10.8 Å². The van der Waals surface area contributed by atoms with E-state index >= 15 is 0 Å². The lowest BCUT2D eigenvalue weighted by molar-refractivity contribution is -0.902. The molecule has 0 bridgehead atoms. The molecule has 90 valence electrons. The van der Waals surface area contributed by atoms with Crippen molar-refractivity contribution in [3.8, 4) is 0 Å². The van der Waals surface area contributed by atoms with Crippen molar-refractivity contribution < 1.29 is 14.7 Å². The zero-order valence-electron chi connectivity index (χ0n) is 10.0. The molecule has 0 unspecified atom stereocenters. The van der Waals surface area contributed by atoms with Crippen molar-refractivity contribution in [3.63, 3.8) is 0 Å². The Morgan fingerprint density at radius 1 is 1.50 bits per heavy atom. The minimum Gasteiger partial charge on any atom is -0.357 e. The Hall–Kier alpha value is -1.00. The van der Waals surface area contributed by atoms with Crippen LogP contribution in [0.25, 0.3) is 0 Å². The van der Waals surface area contributed by atoms with Gasteiger partial charge in [-0.3, -0.25) is 5.21 Å². The summed E-state index contributed by atoms with van der Waals surface area (Å²) in [5.41, 5.74) is 1.55. The molecule has 1 aromatic heterocycles. The van der Waals surface area contributed by atoms with Crippen molar-refractivity contribution in [1.29, 1.82) is 0 Å². The second kappa shape index (κ2) is 4.89. The normalized spacial score (nSPS) is 11.6. The van der Waals surface area contributed by atoms with E-state index in [9.17, 15) is 5.21 Å². The second-order valence-electron chi connectivity index (χ2n) is 4.62. The minimum absolute atomic E-state index is 0.192. The predicted molar refractivity (Wildman–Crippen MR) is 62.9 cm³/mol. The molecule has 0 aliphatic heterocycles. The Kier molecular flexibility index (Phi) is 3.99. The summed E-state index contributed by atoms with van der Waals surface area (Å²) in [7, 11) is 0. The topological polar surface area (TPSA) is 45.4 Å². The van der Waals surface area contributed by atoms with E-state index in [0.717, 1.165) is 16.0 Å². The molecule has 0 saturated carbocycles. The van der Waals surface area contributed by atoms with Gasteiger partial charge in [-0.15, -0.1) is 0 Å². The molecular weight excluding hydrogens is 228 g/mol. The summed E-state index contributed by atoms with van der Waals surface area (Å²) in [5, 5.41) is 12.7. The van der Waals surface area contributed by atoms with Gasteiger partial charge in [-0.2, -0.15) is 0 Å². The van der Waals surface area contributed by atoms with Crippen LogP contribution in [0.1, 0.15) is 26.3 Å². The smallest absolute Gasteiger partial charge is 0.325 e. The Labute approximate surface area is 101 Å². The molecule has 1 rings (SSSR count). The number of ether oxygens (including phenoxy) is 1. The minimum atomic E-state index is -0.192. The van der Waals surface area contributed by atoms with E-state index < -0.39 is 0 Å². The molecule has 5 heteroatoms. The molecule has 16 heavy (non-hydrogen) atoms. The molecule has 0 spiro atoms. The number of nitrogens with one attached hydrogen (secondary N) is 1. The zero-order chi connectivity index (χ0) is 12.3. The highest BCUT2D eigenvalue weighted by atomic mass is 35.5. The fourth-order valence-electron chi connectivity index (χ4n) is 1.12. The Morgan fingerprint density at radius 3 is 2.69 bits per heavy atom. The van der Waals surface area contributed by atoms with Gasteiger partial charge in [0.1, 0.15) is 12.4 Å². The zero-order valence-corrected chi connectivity index (χ0v) is 10.8. The summed E-state index contributed by atoms with van der Waals surface area (Å²) in [6, 6.07) is 1.68. The summed E-state index contributed by atoms with van der Waals surface area (Å²) >= 11 is 5.75. The first kappa shape index (κ1) is 13.1. The predicted octanol–water partition coefficient (Wildman–Crippen LogP) is 2.36. The lowest BCUT2D eigenvalue weighted by Crippen LogP contribution is -2.32. The highest BCUT2D eigenvalue weighted by Crippen LogP contribution is 2.15. The van der Waals surface area contributed by atoms with Gasteiger partial charge < -0.3 is 10.1 Å². The fraction of sp³-hybridized carbons (Fsp3) is 0.545. The van der Waals surface area contributed by atoms with Gasteiger partial charge in [-0.1, -0.05) is 0 Å². The van der Waals surface area contributed by atoms with Crippen LogP contribution in [0.2, 0.25) is 5.15 Å². The van der Waals surface area contributed by atoms with Crippen LogP contribution >= 0.6 is 11.6 Å². The fourth-order valence-corrected chi connectivity index (χ4v) is 1.34. The maximum absolute atomic E-state index is 9.39. The van der Waals surface area contributed by atoms with Crippen molar-refractivity contribution in [2.45, 2.75) is 33.3 Å². The summed E-state index contributed by atoms with van der Waals surface area (Å²) in [4.78, 5) is 0. The van der Waals surface area contributed by atoms with Crippen LogP contribution in [-0.4, -0.2) is 17.5 Å². The molecule has 1 heterocycles. The molecule has 0 aliphatic rings. The third-order valence-electron chi connectivity index (χ3n) is 2.00. The number of nitrogens with zero attached hydrogens (tertiary/aromatic N) is 1. The first-order valence-electron chi connectivity index (χ1n) is 5.08. The van der Waals surface area contributed by atoms with Crippen LogP contribution in [0, 0.1) is 6.92 Å². The third-order valence-corrected chi connectivity index (χ3v) is 2.28. The summed E-state index contributed by atoms with van der Waals surface area (Å²) in [6.45, 7) is 8.23. The number of rotatable bonds is 3. The molecule has 0 aliphatic carbocycles. The van der Waals surface area contributed by atoms with Crippen molar-refractivity contribution in [2.24, 2.45) is 0 Å². The van der Waals surface area contributed by atoms with E-state index in [0.29, 0.717) is 6.73 Å². The highest BCUT2D eigenvalue weighted by molar-refractivity contribution is 6.28. The molecule has 0 fully saturated rings. The van der Waals surface area contributed by atoms with Crippen molar-refractivity contribution in [1.82, 2.24) is 0 Å². The number of halogens is 1. The average molecular weight is 246 g/mol. The number of hydrogen-bond acceptors (Lipinski definition) is 3. The number of pyridine rings is 1. The molecule has 0 radical (unpaired) electrons. The number of aryl methyl sites for hydroxylation is 1. The van der Waals surface area contributed by atoms with E-state index in [1.807, 2.05) is 27.7 Å². The summed E-state index contributed by atoms with van der Waals surface area (Å²) in [5.74, 6) is 0. The maximum atomic E-state index is 9.39. The highest BCUT2D eigenvalue weighted by Gasteiger charge is 2.13. The van der Waals surface area contributed by atoms with Crippen LogP contribution in [-0.2, 0) is 4.74 Å². The monoisotopic (exact) mass is 245 g/mol. The average Bonchev–Trinajstić information content (AvgIpc) is 2.11. The van der Waals surface area contributed by atoms with Gasteiger partial charge in [-0.25, -0.2) is 0 Å². The van der Waals surface area contributed by atoms with Crippen LogP contribution < -0.4 is 10.0 Å². The Morgan fingerprint density at radius 2 is 2.12 bits per heavy atom. The van der Waals surface area contributed by atoms with E-state index in [1.165, 1.54) is 6.20 Å². The van der Waals surface area contributed by atoms with Crippen molar-refractivity contribution in [2.75, 3.05) is 12.0 Å². The molecule has 1 aromatic rings. The Bertz CT molecular complexity index is 375. The van der Waals surface area contributed by atoms with Crippen LogP contribution in [0.15, 0.2) is 12.3 Å². The van der Waals surface area contributed by atoms with Crippen molar-refractivity contribution in [3.05, 3.63) is 23.0 Å². The van der Waals surface area contributed by atoms with Gasteiger partial charge >= 0.3 is 5.15 Å². The Balaban J connectivity index is 2.64. The summed E-state index contributed by atoms with van der Waals surface area (Å²) in [6.07, 6.45) is 1.52. The van der Waals surface area contributed by atoms with Gasteiger partial charge in [0.25, 0.3) is 0 Å². The molecular formula is C11H18ClN2O2+. The van der Waals surface area contributed by atoms with Crippen LogP contribution in [0.3, 0.4) is 0 Å². The number of aromatic nitrogens is 1. The van der Waals surface area contributed by atoms with Gasteiger partial charge in [0.15, 0.2) is 0 Å².